The van der Waals surface area contributed by atoms with Crippen LogP contribution in [0.25, 0.3) is 0 Å². The van der Waals surface area contributed by atoms with Crippen LogP contribution in [-0.2, 0) is 13.0 Å². The zero-order valence-electron chi connectivity index (χ0n) is 14.1. The lowest BCUT2D eigenvalue weighted by Crippen LogP contribution is -2.27. The van der Waals surface area contributed by atoms with Crippen LogP contribution in [0.2, 0.25) is 0 Å². The van der Waals surface area contributed by atoms with Gasteiger partial charge in [-0.25, -0.2) is 4.98 Å². The minimum absolute atomic E-state index is 0.304. The summed E-state index contributed by atoms with van der Waals surface area (Å²) in [6.07, 6.45) is 2.62. The van der Waals surface area contributed by atoms with Crippen molar-refractivity contribution in [3.63, 3.8) is 0 Å². The summed E-state index contributed by atoms with van der Waals surface area (Å²) >= 11 is 0. The number of aromatic nitrogens is 1. The molecule has 1 aromatic heterocycles. The standard InChI is InChI=1S/C18H24N2O3/c1-13(20-12-15-6-5-9-19-18(15)23-4)10-14-7-8-16(21-2)17(11-14)22-3/h5-9,11,13,20H,10,12H2,1-4H3. The number of benzene rings is 1. The summed E-state index contributed by atoms with van der Waals surface area (Å²) in [6.45, 7) is 2.87. The molecule has 0 aliphatic carbocycles. The number of hydrogen-bond acceptors (Lipinski definition) is 5. The lowest BCUT2D eigenvalue weighted by Gasteiger charge is -2.16. The van der Waals surface area contributed by atoms with E-state index in [9.17, 15) is 0 Å². The third kappa shape index (κ3) is 4.60. The largest absolute Gasteiger partial charge is 0.493 e. The van der Waals surface area contributed by atoms with Crippen LogP contribution in [0, 0.1) is 0 Å². The molecule has 0 aliphatic heterocycles. The Morgan fingerprint density at radius 1 is 1.04 bits per heavy atom. The predicted molar refractivity (Wildman–Crippen MR) is 90.3 cm³/mol. The molecule has 1 unspecified atom stereocenters. The van der Waals surface area contributed by atoms with Gasteiger partial charge in [-0.15, -0.1) is 0 Å². The molecule has 1 N–H and O–H groups in total. The lowest BCUT2D eigenvalue weighted by molar-refractivity contribution is 0.354. The Labute approximate surface area is 137 Å². The maximum atomic E-state index is 5.35. The maximum absolute atomic E-state index is 5.35. The maximum Gasteiger partial charge on any atom is 0.217 e. The zero-order chi connectivity index (χ0) is 16.7. The molecule has 2 rings (SSSR count). The number of rotatable bonds is 8. The molecule has 1 atom stereocenters. The highest BCUT2D eigenvalue weighted by Crippen LogP contribution is 2.28. The summed E-state index contributed by atoms with van der Waals surface area (Å²) in [5.74, 6) is 2.17. The molecule has 0 amide bonds. The highest BCUT2D eigenvalue weighted by atomic mass is 16.5. The summed E-state index contributed by atoms with van der Waals surface area (Å²) in [6, 6.07) is 10.2. The van der Waals surface area contributed by atoms with Gasteiger partial charge in [-0.2, -0.15) is 0 Å². The molecule has 0 fully saturated rings. The fourth-order valence-corrected chi connectivity index (χ4v) is 2.46. The Kier molecular flexibility index (Phi) is 6.23. The number of pyridine rings is 1. The summed E-state index contributed by atoms with van der Waals surface area (Å²) in [5, 5.41) is 3.50. The average molecular weight is 316 g/mol. The van der Waals surface area contributed by atoms with E-state index in [1.54, 1.807) is 27.5 Å². The Balaban J connectivity index is 1.95. The van der Waals surface area contributed by atoms with E-state index in [1.807, 2.05) is 24.3 Å². The van der Waals surface area contributed by atoms with Gasteiger partial charge in [0, 0.05) is 24.3 Å². The first-order valence-electron chi connectivity index (χ1n) is 7.60. The van der Waals surface area contributed by atoms with Crippen molar-refractivity contribution < 1.29 is 14.2 Å². The van der Waals surface area contributed by atoms with Crippen molar-refractivity contribution >= 4 is 0 Å². The van der Waals surface area contributed by atoms with E-state index in [1.165, 1.54) is 5.56 Å². The minimum Gasteiger partial charge on any atom is -0.493 e. The van der Waals surface area contributed by atoms with E-state index in [0.29, 0.717) is 18.5 Å². The van der Waals surface area contributed by atoms with Crippen molar-refractivity contribution in [3.05, 3.63) is 47.7 Å². The fourth-order valence-electron chi connectivity index (χ4n) is 2.46. The van der Waals surface area contributed by atoms with Crippen LogP contribution in [0.4, 0.5) is 0 Å². The third-order valence-electron chi connectivity index (χ3n) is 3.67. The second kappa shape index (κ2) is 8.39. The smallest absolute Gasteiger partial charge is 0.217 e. The Bertz CT molecular complexity index is 631. The number of nitrogens with one attached hydrogen (secondary N) is 1. The monoisotopic (exact) mass is 316 g/mol. The first-order chi connectivity index (χ1) is 11.2. The molecule has 2 aromatic rings. The highest BCUT2D eigenvalue weighted by Gasteiger charge is 2.09. The van der Waals surface area contributed by atoms with Gasteiger partial charge in [0.1, 0.15) is 0 Å². The van der Waals surface area contributed by atoms with Gasteiger partial charge in [0.05, 0.1) is 21.3 Å². The van der Waals surface area contributed by atoms with E-state index in [0.717, 1.165) is 23.5 Å². The SMILES string of the molecule is COc1ccc(CC(C)NCc2cccnc2OC)cc1OC. The summed E-state index contributed by atoms with van der Waals surface area (Å²) in [5.41, 5.74) is 2.25. The molecule has 0 saturated heterocycles. The van der Waals surface area contributed by atoms with Gasteiger partial charge in [-0.3, -0.25) is 0 Å². The molecule has 23 heavy (non-hydrogen) atoms. The van der Waals surface area contributed by atoms with Crippen LogP contribution >= 0.6 is 0 Å². The molecule has 124 valence electrons. The van der Waals surface area contributed by atoms with Gasteiger partial charge >= 0.3 is 0 Å². The molecule has 5 nitrogen and oxygen atoms in total. The van der Waals surface area contributed by atoms with Gasteiger partial charge in [0.15, 0.2) is 11.5 Å². The molecule has 0 saturated carbocycles. The van der Waals surface area contributed by atoms with Gasteiger partial charge in [0.2, 0.25) is 5.88 Å². The second-order valence-electron chi connectivity index (χ2n) is 5.35. The highest BCUT2D eigenvalue weighted by molar-refractivity contribution is 5.43. The molecule has 0 bridgehead atoms. The number of nitrogens with zero attached hydrogens (tertiary/aromatic N) is 1. The normalized spacial score (nSPS) is 11.8. The number of hydrogen-bond donors (Lipinski definition) is 1. The molecule has 1 aromatic carbocycles. The Hall–Kier alpha value is -2.27. The second-order valence-corrected chi connectivity index (χ2v) is 5.35. The van der Waals surface area contributed by atoms with Crippen molar-refractivity contribution in [2.45, 2.75) is 25.9 Å². The van der Waals surface area contributed by atoms with Crippen LogP contribution in [0.15, 0.2) is 36.5 Å². The Morgan fingerprint density at radius 2 is 1.83 bits per heavy atom. The van der Waals surface area contributed by atoms with Crippen molar-refractivity contribution in [1.82, 2.24) is 10.3 Å². The van der Waals surface area contributed by atoms with Crippen molar-refractivity contribution in [1.29, 1.82) is 0 Å². The van der Waals surface area contributed by atoms with Crippen LogP contribution < -0.4 is 19.5 Å². The molecule has 1 heterocycles. The molecule has 0 radical (unpaired) electrons. The van der Waals surface area contributed by atoms with Crippen LogP contribution in [-0.4, -0.2) is 32.4 Å². The molecular weight excluding hydrogens is 292 g/mol. The van der Waals surface area contributed by atoms with E-state index in [4.69, 9.17) is 14.2 Å². The van der Waals surface area contributed by atoms with Crippen molar-refractivity contribution in [3.8, 4) is 17.4 Å². The number of methoxy groups -OCH3 is 3. The minimum atomic E-state index is 0.304. The van der Waals surface area contributed by atoms with Gasteiger partial charge < -0.3 is 19.5 Å². The third-order valence-corrected chi connectivity index (χ3v) is 3.67. The summed E-state index contributed by atoms with van der Waals surface area (Å²) < 4.78 is 15.9. The zero-order valence-corrected chi connectivity index (χ0v) is 14.1. The fraction of sp³-hybridized carbons (Fsp3) is 0.389. The van der Waals surface area contributed by atoms with Gasteiger partial charge in [0.25, 0.3) is 0 Å². The number of ether oxygens (including phenoxy) is 3. The average Bonchev–Trinajstić information content (AvgIpc) is 2.60. The van der Waals surface area contributed by atoms with Crippen LogP contribution in [0.5, 0.6) is 17.4 Å². The molecular formula is C18H24N2O3. The van der Waals surface area contributed by atoms with E-state index >= 15 is 0 Å². The molecule has 5 heteroatoms. The van der Waals surface area contributed by atoms with E-state index in [2.05, 4.69) is 23.3 Å². The lowest BCUT2D eigenvalue weighted by atomic mass is 10.1. The first kappa shape index (κ1) is 17.1. The van der Waals surface area contributed by atoms with Gasteiger partial charge in [-0.05, 0) is 37.1 Å². The van der Waals surface area contributed by atoms with Gasteiger partial charge in [-0.1, -0.05) is 12.1 Å². The predicted octanol–water partition coefficient (Wildman–Crippen LogP) is 2.83. The van der Waals surface area contributed by atoms with Crippen molar-refractivity contribution in [2.75, 3.05) is 21.3 Å². The summed E-state index contributed by atoms with van der Waals surface area (Å²) in [4.78, 5) is 4.21. The quantitative estimate of drug-likeness (QED) is 0.811. The molecule has 0 spiro atoms. The topological polar surface area (TPSA) is 52.6 Å². The first-order valence-corrected chi connectivity index (χ1v) is 7.60. The Morgan fingerprint density at radius 3 is 2.52 bits per heavy atom. The van der Waals surface area contributed by atoms with Crippen LogP contribution in [0.1, 0.15) is 18.1 Å². The van der Waals surface area contributed by atoms with Crippen molar-refractivity contribution in [2.24, 2.45) is 0 Å². The van der Waals surface area contributed by atoms with Crippen LogP contribution in [0.3, 0.4) is 0 Å². The van der Waals surface area contributed by atoms with E-state index in [-0.39, 0.29) is 0 Å². The molecule has 0 aliphatic rings. The summed E-state index contributed by atoms with van der Waals surface area (Å²) in [7, 11) is 4.93. The van der Waals surface area contributed by atoms with E-state index < -0.39 is 0 Å².